The highest BCUT2D eigenvalue weighted by Crippen LogP contribution is 2.32. The smallest absolute Gasteiger partial charge is 0.128 e. The maximum atomic E-state index is 5.35. The molecule has 1 aromatic heterocycles. The van der Waals surface area contributed by atoms with E-state index in [-0.39, 0.29) is 0 Å². The minimum absolute atomic E-state index is 0.701. The second kappa shape index (κ2) is 5.55. The Morgan fingerprint density at radius 1 is 1.28 bits per heavy atom. The summed E-state index contributed by atoms with van der Waals surface area (Å²) in [5.41, 5.74) is 1.85. The van der Waals surface area contributed by atoms with Crippen LogP contribution in [0.25, 0.3) is 11.3 Å². The topological polar surface area (TPSA) is 59.2 Å². The van der Waals surface area contributed by atoms with E-state index in [0.717, 1.165) is 28.6 Å². The van der Waals surface area contributed by atoms with Gasteiger partial charge in [-0.15, -0.1) is 0 Å². The molecule has 18 heavy (non-hydrogen) atoms. The van der Waals surface area contributed by atoms with Crippen molar-refractivity contribution in [3.05, 3.63) is 30.2 Å². The number of methoxy groups -OCH3 is 2. The van der Waals surface area contributed by atoms with Crippen LogP contribution in [0.2, 0.25) is 0 Å². The van der Waals surface area contributed by atoms with E-state index in [2.05, 4.69) is 15.3 Å². The Labute approximate surface area is 106 Å². The molecule has 0 amide bonds. The number of aromatic nitrogens is 2. The van der Waals surface area contributed by atoms with Crippen LogP contribution in [0.5, 0.6) is 11.5 Å². The van der Waals surface area contributed by atoms with Crippen LogP contribution in [0.4, 0.5) is 0 Å². The van der Waals surface area contributed by atoms with Gasteiger partial charge in [0.25, 0.3) is 0 Å². The number of H-pyrrole nitrogens is 1. The molecule has 0 saturated carbocycles. The number of benzene rings is 1. The third-order valence-electron chi connectivity index (χ3n) is 2.67. The molecule has 0 atom stereocenters. The maximum absolute atomic E-state index is 5.35. The number of nitrogens with zero attached hydrogens (tertiary/aromatic N) is 1. The molecule has 5 heteroatoms. The number of aromatic amines is 1. The predicted molar refractivity (Wildman–Crippen MR) is 69.9 cm³/mol. The molecule has 2 aromatic rings. The van der Waals surface area contributed by atoms with Crippen molar-refractivity contribution in [1.29, 1.82) is 0 Å². The standard InChI is InChI=1S/C13H17N3O2/c1-14-8-13-15-7-11(16-13)10-6-9(17-2)4-5-12(10)18-3/h4-7,14H,8H2,1-3H3,(H,15,16). The number of nitrogens with one attached hydrogen (secondary N) is 2. The number of ether oxygens (including phenoxy) is 2. The summed E-state index contributed by atoms with van der Waals surface area (Å²) in [5, 5.41) is 3.05. The highest BCUT2D eigenvalue weighted by molar-refractivity contribution is 5.68. The van der Waals surface area contributed by atoms with Crippen LogP contribution in [0, 0.1) is 0 Å². The summed E-state index contributed by atoms with van der Waals surface area (Å²) in [6, 6.07) is 5.68. The molecule has 0 aliphatic heterocycles. The Hall–Kier alpha value is -2.01. The van der Waals surface area contributed by atoms with Gasteiger partial charge >= 0.3 is 0 Å². The van der Waals surface area contributed by atoms with Crippen molar-refractivity contribution in [1.82, 2.24) is 15.3 Å². The first-order valence-corrected chi connectivity index (χ1v) is 5.69. The van der Waals surface area contributed by atoms with Gasteiger partial charge < -0.3 is 19.8 Å². The lowest BCUT2D eigenvalue weighted by Gasteiger charge is -2.08. The zero-order valence-corrected chi connectivity index (χ0v) is 10.8. The first-order chi connectivity index (χ1) is 8.78. The third-order valence-corrected chi connectivity index (χ3v) is 2.67. The van der Waals surface area contributed by atoms with Crippen molar-refractivity contribution in [3.8, 4) is 22.8 Å². The molecule has 2 N–H and O–H groups in total. The number of imidazole rings is 1. The Balaban J connectivity index is 2.40. The molecule has 96 valence electrons. The molecule has 0 aliphatic carbocycles. The van der Waals surface area contributed by atoms with Gasteiger partial charge in [0.2, 0.25) is 0 Å². The van der Waals surface area contributed by atoms with Crippen molar-refractivity contribution in [2.24, 2.45) is 0 Å². The van der Waals surface area contributed by atoms with Crippen molar-refractivity contribution < 1.29 is 9.47 Å². The monoisotopic (exact) mass is 247 g/mol. The molecular weight excluding hydrogens is 230 g/mol. The number of hydrogen-bond acceptors (Lipinski definition) is 4. The summed E-state index contributed by atoms with van der Waals surface area (Å²) in [6.07, 6.45) is 1.80. The second-order valence-corrected chi connectivity index (χ2v) is 3.84. The zero-order valence-electron chi connectivity index (χ0n) is 10.8. The normalized spacial score (nSPS) is 10.4. The molecule has 0 fully saturated rings. The van der Waals surface area contributed by atoms with Crippen LogP contribution in [0.15, 0.2) is 24.4 Å². The fraction of sp³-hybridized carbons (Fsp3) is 0.308. The first-order valence-electron chi connectivity index (χ1n) is 5.69. The average molecular weight is 247 g/mol. The fourth-order valence-electron chi connectivity index (χ4n) is 1.78. The summed E-state index contributed by atoms with van der Waals surface area (Å²) >= 11 is 0. The van der Waals surface area contributed by atoms with Gasteiger partial charge in [-0.1, -0.05) is 0 Å². The minimum atomic E-state index is 0.701. The molecule has 1 aromatic carbocycles. The van der Waals surface area contributed by atoms with Gasteiger partial charge in [0, 0.05) is 5.56 Å². The molecule has 0 bridgehead atoms. The molecule has 5 nitrogen and oxygen atoms in total. The van der Waals surface area contributed by atoms with E-state index in [1.165, 1.54) is 0 Å². The van der Waals surface area contributed by atoms with E-state index < -0.39 is 0 Å². The van der Waals surface area contributed by atoms with Gasteiger partial charge in [-0.05, 0) is 25.2 Å². The first kappa shape index (κ1) is 12.4. The van der Waals surface area contributed by atoms with E-state index >= 15 is 0 Å². The van der Waals surface area contributed by atoms with Crippen LogP contribution in [-0.4, -0.2) is 31.2 Å². The molecule has 0 unspecified atom stereocenters. The van der Waals surface area contributed by atoms with Gasteiger partial charge in [-0.3, -0.25) is 0 Å². The predicted octanol–water partition coefficient (Wildman–Crippen LogP) is 1.81. The average Bonchev–Trinajstić information content (AvgIpc) is 2.87. The summed E-state index contributed by atoms with van der Waals surface area (Å²) < 4.78 is 10.6. The van der Waals surface area contributed by atoms with Crippen LogP contribution in [-0.2, 0) is 6.54 Å². The number of hydrogen-bond donors (Lipinski definition) is 2. The SMILES string of the molecule is CNCc1ncc(-c2cc(OC)ccc2OC)[nH]1. The third kappa shape index (κ3) is 2.46. The Morgan fingerprint density at radius 2 is 2.11 bits per heavy atom. The molecule has 1 heterocycles. The van der Waals surface area contributed by atoms with Crippen LogP contribution in [0.1, 0.15) is 5.82 Å². The Kier molecular flexibility index (Phi) is 3.84. The van der Waals surface area contributed by atoms with E-state index in [1.807, 2.05) is 25.2 Å². The van der Waals surface area contributed by atoms with Crippen LogP contribution >= 0.6 is 0 Å². The van der Waals surface area contributed by atoms with E-state index in [4.69, 9.17) is 9.47 Å². The number of rotatable bonds is 5. The molecule has 2 rings (SSSR count). The van der Waals surface area contributed by atoms with Gasteiger partial charge in [0.15, 0.2) is 0 Å². The highest BCUT2D eigenvalue weighted by atomic mass is 16.5. The molecule has 0 saturated heterocycles. The molecule has 0 radical (unpaired) electrons. The lowest BCUT2D eigenvalue weighted by Crippen LogP contribution is -2.06. The summed E-state index contributed by atoms with van der Waals surface area (Å²) in [5.74, 6) is 2.46. The second-order valence-electron chi connectivity index (χ2n) is 3.84. The lowest BCUT2D eigenvalue weighted by atomic mass is 10.1. The summed E-state index contributed by atoms with van der Waals surface area (Å²) in [4.78, 5) is 7.55. The van der Waals surface area contributed by atoms with Crippen LogP contribution in [0.3, 0.4) is 0 Å². The van der Waals surface area contributed by atoms with Gasteiger partial charge in [0.05, 0.1) is 32.7 Å². The Morgan fingerprint density at radius 3 is 2.78 bits per heavy atom. The van der Waals surface area contributed by atoms with Crippen molar-refractivity contribution in [2.45, 2.75) is 6.54 Å². The highest BCUT2D eigenvalue weighted by Gasteiger charge is 2.10. The lowest BCUT2D eigenvalue weighted by molar-refractivity contribution is 0.404. The van der Waals surface area contributed by atoms with Gasteiger partial charge in [0.1, 0.15) is 17.3 Å². The molecule has 0 aliphatic rings. The van der Waals surface area contributed by atoms with Gasteiger partial charge in [-0.2, -0.15) is 0 Å². The zero-order chi connectivity index (χ0) is 13.0. The maximum Gasteiger partial charge on any atom is 0.128 e. The quantitative estimate of drug-likeness (QED) is 0.846. The van der Waals surface area contributed by atoms with E-state index in [0.29, 0.717) is 6.54 Å². The van der Waals surface area contributed by atoms with Crippen molar-refractivity contribution >= 4 is 0 Å². The molecule has 0 spiro atoms. The fourth-order valence-corrected chi connectivity index (χ4v) is 1.78. The van der Waals surface area contributed by atoms with E-state index in [1.54, 1.807) is 20.4 Å². The minimum Gasteiger partial charge on any atom is -0.497 e. The summed E-state index contributed by atoms with van der Waals surface area (Å²) in [6.45, 7) is 0.701. The van der Waals surface area contributed by atoms with Crippen LogP contribution < -0.4 is 14.8 Å². The molecular formula is C13H17N3O2. The van der Waals surface area contributed by atoms with Crippen molar-refractivity contribution in [2.75, 3.05) is 21.3 Å². The summed E-state index contributed by atoms with van der Waals surface area (Å²) in [7, 11) is 5.18. The van der Waals surface area contributed by atoms with Gasteiger partial charge in [-0.25, -0.2) is 4.98 Å². The van der Waals surface area contributed by atoms with E-state index in [9.17, 15) is 0 Å². The largest absolute Gasteiger partial charge is 0.497 e. The Bertz CT molecular complexity index is 523. The van der Waals surface area contributed by atoms with Crippen molar-refractivity contribution in [3.63, 3.8) is 0 Å².